The van der Waals surface area contributed by atoms with E-state index in [1.807, 2.05) is 6.92 Å². The summed E-state index contributed by atoms with van der Waals surface area (Å²) in [7, 11) is 0. The predicted octanol–water partition coefficient (Wildman–Crippen LogP) is 0.850. The fraction of sp³-hybridized carbons (Fsp3) is 0.444. The number of aryl methyl sites for hydroxylation is 1. The van der Waals surface area contributed by atoms with Crippen LogP contribution < -0.4 is 11.1 Å². The molecule has 3 N–H and O–H groups in total. The zero-order chi connectivity index (χ0) is 10.6. The molecule has 4 nitrogen and oxygen atoms in total. The minimum absolute atomic E-state index is 0.135. The highest BCUT2D eigenvalue weighted by Crippen LogP contribution is 2.13. The van der Waals surface area contributed by atoms with Gasteiger partial charge in [-0.05, 0) is 13.0 Å². The molecule has 1 aromatic heterocycles. The molecule has 0 radical (unpaired) electrons. The van der Waals surface area contributed by atoms with E-state index < -0.39 is 0 Å². The summed E-state index contributed by atoms with van der Waals surface area (Å²) in [5, 5.41) is 3.27. The van der Waals surface area contributed by atoms with Crippen LogP contribution >= 0.6 is 11.6 Å². The Morgan fingerprint density at radius 2 is 2.43 bits per heavy atom. The van der Waals surface area contributed by atoms with Crippen LogP contribution in [0.3, 0.4) is 0 Å². The highest BCUT2D eigenvalue weighted by molar-refractivity contribution is 6.31. The molecule has 1 heterocycles. The van der Waals surface area contributed by atoms with Crippen molar-refractivity contribution in [2.75, 3.05) is 13.1 Å². The normalized spacial score (nSPS) is 10.2. The lowest BCUT2D eigenvalue weighted by Gasteiger charge is -2.05. The van der Waals surface area contributed by atoms with E-state index in [1.54, 1.807) is 16.8 Å². The number of nitrogens with two attached hydrogens (primary N) is 1. The van der Waals surface area contributed by atoms with Gasteiger partial charge in [-0.2, -0.15) is 0 Å². The van der Waals surface area contributed by atoms with Crippen molar-refractivity contribution in [3.05, 3.63) is 23.0 Å². The first-order chi connectivity index (χ1) is 6.69. The van der Waals surface area contributed by atoms with Gasteiger partial charge in [0, 0.05) is 25.8 Å². The third-order valence-electron chi connectivity index (χ3n) is 1.87. The number of aromatic nitrogens is 1. The summed E-state index contributed by atoms with van der Waals surface area (Å²) in [5.41, 5.74) is 5.86. The first-order valence-electron chi connectivity index (χ1n) is 4.53. The second kappa shape index (κ2) is 5.02. The van der Waals surface area contributed by atoms with Gasteiger partial charge in [0.2, 0.25) is 0 Å². The standard InChI is InChI=1S/C9H14ClN3O/c1-2-13-6-7(10)5-8(13)9(14)12-4-3-11/h5-6H,2-4,11H2,1H3,(H,12,14). The van der Waals surface area contributed by atoms with E-state index in [9.17, 15) is 4.79 Å². The third-order valence-corrected chi connectivity index (χ3v) is 2.07. The second-order valence-corrected chi connectivity index (χ2v) is 3.31. The number of carbonyl (C=O) groups excluding carboxylic acids is 1. The second-order valence-electron chi connectivity index (χ2n) is 2.87. The average molecular weight is 216 g/mol. The highest BCUT2D eigenvalue weighted by Gasteiger charge is 2.10. The lowest BCUT2D eigenvalue weighted by Crippen LogP contribution is -2.30. The Balaban J connectivity index is 2.77. The molecule has 78 valence electrons. The SMILES string of the molecule is CCn1cc(Cl)cc1C(=O)NCCN. The molecule has 0 atom stereocenters. The van der Waals surface area contributed by atoms with E-state index in [1.165, 1.54) is 0 Å². The summed E-state index contributed by atoms with van der Waals surface area (Å²) >= 11 is 5.80. The molecule has 14 heavy (non-hydrogen) atoms. The van der Waals surface area contributed by atoms with Crippen molar-refractivity contribution in [2.45, 2.75) is 13.5 Å². The first-order valence-corrected chi connectivity index (χ1v) is 4.90. The van der Waals surface area contributed by atoms with E-state index in [4.69, 9.17) is 17.3 Å². The van der Waals surface area contributed by atoms with E-state index >= 15 is 0 Å². The summed E-state index contributed by atoms with van der Waals surface area (Å²) < 4.78 is 1.80. The first kappa shape index (κ1) is 11.1. The monoisotopic (exact) mass is 215 g/mol. The Morgan fingerprint density at radius 1 is 1.71 bits per heavy atom. The fourth-order valence-electron chi connectivity index (χ4n) is 1.20. The molecule has 0 bridgehead atoms. The minimum Gasteiger partial charge on any atom is -0.349 e. The Bertz CT molecular complexity index is 322. The number of carbonyl (C=O) groups is 1. The van der Waals surface area contributed by atoms with Gasteiger partial charge < -0.3 is 15.6 Å². The van der Waals surface area contributed by atoms with Gasteiger partial charge in [-0.25, -0.2) is 0 Å². The molecule has 0 aliphatic rings. The van der Waals surface area contributed by atoms with Crippen molar-refractivity contribution in [1.29, 1.82) is 0 Å². The number of nitrogens with one attached hydrogen (secondary N) is 1. The van der Waals surface area contributed by atoms with E-state index in [-0.39, 0.29) is 5.91 Å². The molecule has 1 aromatic rings. The molecule has 0 unspecified atom stereocenters. The lowest BCUT2D eigenvalue weighted by atomic mass is 10.4. The van der Waals surface area contributed by atoms with Crippen LogP contribution in [0.1, 0.15) is 17.4 Å². The summed E-state index contributed by atoms with van der Waals surface area (Å²) in [5.74, 6) is -0.135. The van der Waals surface area contributed by atoms with E-state index in [0.717, 1.165) is 6.54 Å². The molecule has 0 aliphatic carbocycles. The van der Waals surface area contributed by atoms with Crippen molar-refractivity contribution >= 4 is 17.5 Å². The van der Waals surface area contributed by atoms with Crippen LogP contribution in [0.15, 0.2) is 12.3 Å². The van der Waals surface area contributed by atoms with E-state index in [0.29, 0.717) is 23.8 Å². The summed E-state index contributed by atoms with van der Waals surface area (Å²) in [6, 6.07) is 1.65. The zero-order valence-electron chi connectivity index (χ0n) is 8.09. The summed E-state index contributed by atoms with van der Waals surface area (Å²) in [6.07, 6.45) is 1.74. The fourth-order valence-corrected chi connectivity index (χ4v) is 1.42. The van der Waals surface area contributed by atoms with E-state index in [2.05, 4.69) is 5.32 Å². The van der Waals surface area contributed by atoms with Gasteiger partial charge in [-0.3, -0.25) is 4.79 Å². The topological polar surface area (TPSA) is 60.0 Å². The Morgan fingerprint density at radius 3 is 3.00 bits per heavy atom. The number of halogens is 1. The Hall–Kier alpha value is -1.00. The average Bonchev–Trinajstić information content (AvgIpc) is 2.56. The van der Waals surface area contributed by atoms with Gasteiger partial charge in [0.05, 0.1) is 5.02 Å². The maximum atomic E-state index is 11.6. The molecule has 0 saturated heterocycles. The summed E-state index contributed by atoms with van der Waals surface area (Å²) in [6.45, 7) is 3.59. The van der Waals surface area contributed by atoms with Crippen LogP contribution in [0.2, 0.25) is 5.02 Å². The molecular weight excluding hydrogens is 202 g/mol. The highest BCUT2D eigenvalue weighted by atomic mass is 35.5. The van der Waals surface area contributed by atoms with Crippen molar-refractivity contribution in [3.8, 4) is 0 Å². The minimum atomic E-state index is -0.135. The van der Waals surface area contributed by atoms with Gasteiger partial charge in [0.25, 0.3) is 5.91 Å². The molecule has 0 fully saturated rings. The Labute approximate surface area is 88.0 Å². The van der Waals surface area contributed by atoms with Crippen LogP contribution in [-0.4, -0.2) is 23.6 Å². The number of hydrogen-bond donors (Lipinski definition) is 2. The maximum Gasteiger partial charge on any atom is 0.268 e. The molecule has 0 spiro atoms. The summed E-state index contributed by atoms with van der Waals surface area (Å²) in [4.78, 5) is 11.6. The van der Waals surface area contributed by atoms with Crippen LogP contribution in [0.4, 0.5) is 0 Å². The smallest absolute Gasteiger partial charge is 0.268 e. The van der Waals surface area contributed by atoms with Gasteiger partial charge >= 0.3 is 0 Å². The van der Waals surface area contributed by atoms with Crippen LogP contribution in [0, 0.1) is 0 Å². The molecule has 0 aromatic carbocycles. The van der Waals surface area contributed by atoms with Crippen molar-refractivity contribution < 1.29 is 4.79 Å². The van der Waals surface area contributed by atoms with Crippen LogP contribution in [-0.2, 0) is 6.54 Å². The molecule has 1 amide bonds. The zero-order valence-corrected chi connectivity index (χ0v) is 8.84. The van der Waals surface area contributed by atoms with Gasteiger partial charge in [-0.1, -0.05) is 11.6 Å². The quantitative estimate of drug-likeness (QED) is 0.783. The van der Waals surface area contributed by atoms with Gasteiger partial charge in [0.1, 0.15) is 5.69 Å². The van der Waals surface area contributed by atoms with Crippen LogP contribution in [0.5, 0.6) is 0 Å². The largest absolute Gasteiger partial charge is 0.349 e. The van der Waals surface area contributed by atoms with Gasteiger partial charge in [0.15, 0.2) is 0 Å². The number of rotatable bonds is 4. The maximum absolute atomic E-state index is 11.6. The van der Waals surface area contributed by atoms with Crippen molar-refractivity contribution in [1.82, 2.24) is 9.88 Å². The predicted molar refractivity (Wildman–Crippen MR) is 56.5 cm³/mol. The molecule has 0 aliphatic heterocycles. The molecular formula is C9H14ClN3O. The number of amides is 1. The van der Waals surface area contributed by atoms with Gasteiger partial charge in [-0.15, -0.1) is 0 Å². The Kier molecular flexibility index (Phi) is 3.98. The van der Waals surface area contributed by atoms with Crippen molar-refractivity contribution in [2.24, 2.45) is 5.73 Å². The number of nitrogens with zero attached hydrogens (tertiary/aromatic N) is 1. The molecule has 0 saturated carbocycles. The van der Waals surface area contributed by atoms with Crippen LogP contribution in [0.25, 0.3) is 0 Å². The third kappa shape index (κ3) is 2.49. The lowest BCUT2D eigenvalue weighted by molar-refractivity contribution is 0.0945. The molecule has 1 rings (SSSR count). The number of hydrogen-bond acceptors (Lipinski definition) is 2. The van der Waals surface area contributed by atoms with Crippen molar-refractivity contribution in [3.63, 3.8) is 0 Å². The molecule has 5 heteroatoms.